The third-order valence-electron chi connectivity index (χ3n) is 3.30. The number of hydrogen-bond donors (Lipinski definition) is 1. The summed E-state index contributed by atoms with van der Waals surface area (Å²) in [4.78, 5) is 14.1. The summed E-state index contributed by atoms with van der Waals surface area (Å²) in [6.45, 7) is 8.31. The number of piperazine rings is 1. The van der Waals surface area contributed by atoms with Crippen molar-refractivity contribution in [2.45, 2.75) is 20.3 Å². The van der Waals surface area contributed by atoms with Crippen molar-refractivity contribution in [1.82, 2.24) is 15.3 Å². The quantitative estimate of drug-likeness (QED) is 0.898. The highest BCUT2D eigenvalue weighted by molar-refractivity contribution is 7.18. The predicted molar refractivity (Wildman–Crippen MR) is 76.6 cm³/mol. The lowest BCUT2D eigenvalue weighted by Gasteiger charge is -2.28. The number of hydrogen-bond acceptors (Lipinski definition) is 5. The van der Waals surface area contributed by atoms with E-state index in [1.165, 1.54) is 10.3 Å². The molecule has 0 saturated carbocycles. The molecule has 96 valence electrons. The second-order valence-electron chi connectivity index (χ2n) is 4.62. The minimum Gasteiger partial charge on any atom is -0.353 e. The van der Waals surface area contributed by atoms with Gasteiger partial charge in [-0.15, -0.1) is 11.3 Å². The van der Waals surface area contributed by atoms with E-state index in [4.69, 9.17) is 0 Å². The molecule has 0 amide bonds. The summed E-state index contributed by atoms with van der Waals surface area (Å²) in [5, 5.41) is 4.61. The van der Waals surface area contributed by atoms with Crippen LogP contribution in [0.4, 0.5) is 5.82 Å². The van der Waals surface area contributed by atoms with Gasteiger partial charge in [-0.3, -0.25) is 0 Å². The van der Waals surface area contributed by atoms with Crippen molar-refractivity contribution in [2.24, 2.45) is 0 Å². The van der Waals surface area contributed by atoms with E-state index in [1.807, 2.05) is 6.92 Å². The molecule has 0 aromatic carbocycles. The van der Waals surface area contributed by atoms with Crippen molar-refractivity contribution >= 4 is 27.4 Å². The van der Waals surface area contributed by atoms with Crippen molar-refractivity contribution < 1.29 is 0 Å². The molecule has 3 heterocycles. The predicted octanol–water partition coefficient (Wildman–Crippen LogP) is 1.97. The Bertz CT molecular complexity index is 557. The fraction of sp³-hybridized carbons (Fsp3) is 0.538. The lowest BCUT2D eigenvalue weighted by Crippen LogP contribution is -2.44. The number of thiophene rings is 1. The molecular weight excluding hydrogens is 244 g/mol. The van der Waals surface area contributed by atoms with Gasteiger partial charge in [-0.1, -0.05) is 6.92 Å². The second-order valence-corrected chi connectivity index (χ2v) is 5.73. The largest absolute Gasteiger partial charge is 0.353 e. The molecule has 1 fully saturated rings. The van der Waals surface area contributed by atoms with E-state index in [1.54, 1.807) is 11.3 Å². The third kappa shape index (κ3) is 2.08. The van der Waals surface area contributed by atoms with Crippen LogP contribution in [0.3, 0.4) is 0 Å². The Labute approximate surface area is 111 Å². The van der Waals surface area contributed by atoms with Gasteiger partial charge in [0, 0.05) is 31.1 Å². The van der Waals surface area contributed by atoms with Crippen LogP contribution in [0, 0.1) is 6.92 Å². The van der Waals surface area contributed by atoms with Crippen molar-refractivity contribution in [3.05, 3.63) is 16.8 Å². The summed E-state index contributed by atoms with van der Waals surface area (Å²) in [6.07, 6.45) is 1.07. The van der Waals surface area contributed by atoms with Crippen LogP contribution in [-0.2, 0) is 6.42 Å². The molecule has 2 aromatic heterocycles. The van der Waals surface area contributed by atoms with Gasteiger partial charge in [-0.05, 0) is 19.4 Å². The molecule has 0 radical (unpaired) electrons. The van der Waals surface area contributed by atoms with Crippen molar-refractivity contribution in [2.75, 3.05) is 31.1 Å². The molecule has 5 heteroatoms. The van der Waals surface area contributed by atoms with Crippen molar-refractivity contribution in [3.8, 4) is 0 Å². The van der Waals surface area contributed by atoms with E-state index in [-0.39, 0.29) is 0 Å². The fourth-order valence-electron chi connectivity index (χ4n) is 2.35. The van der Waals surface area contributed by atoms with Gasteiger partial charge in [-0.25, -0.2) is 9.97 Å². The van der Waals surface area contributed by atoms with Crippen LogP contribution in [0.15, 0.2) is 6.07 Å². The van der Waals surface area contributed by atoms with E-state index in [9.17, 15) is 0 Å². The molecule has 3 rings (SSSR count). The smallest absolute Gasteiger partial charge is 0.141 e. The molecule has 1 aliphatic rings. The van der Waals surface area contributed by atoms with Crippen molar-refractivity contribution in [3.63, 3.8) is 0 Å². The molecule has 4 nitrogen and oxygen atoms in total. The summed E-state index contributed by atoms with van der Waals surface area (Å²) in [7, 11) is 0. The Morgan fingerprint density at radius 2 is 2.11 bits per heavy atom. The van der Waals surface area contributed by atoms with Gasteiger partial charge >= 0.3 is 0 Å². The van der Waals surface area contributed by atoms with Crippen LogP contribution in [-0.4, -0.2) is 36.1 Å². The first-order valence-corrected chi connectivity index (χ1v) is 7.32. The number of anilines is 1. The van der Waals surface area contributed by atoms with Gasteiger partial charge in [0.15, 0.2) is 0 Å². The lowest BCUT2D eigenvalue weighted by molar-refractivity contribution is 0.585. The number of nitrogens with one attached hydrogen (secondary N) is 1. The Morgan fingerprint density at radius 3 is 2.83 bits per heavy atom. The van der Waals surface area contributed by atoms with Crippen LogP contribution in [0.25, 0.3) is 10.2 Å². The highest BCUT2D eigenvalue weighted by Gasteiger charge is 2.17. The highest BCUT2D eigenvalue weighted by Crippen LogP contribution is 2.31. The number of nitrogens with zero attached hydrogens (tertiary/aromatic N) is 3. The van der Waals surface area contributed by atoms with E-state index in [2.05, 4.69) is 33.2 Å². The molecule has 2 aromatic rings. The summed E-state index contributed by atoms with van der Waals surface area (Å²) in [6, 6.07) is 2.26. The first-order valence-electron chi connectivity index (χ1n) is 6.50. The first kappa shape index (κ1) is 11.9. The Hall–Kier alpha value is -1.20. The number of aryl methyl sites for hydroxylation is 2. The Balaban J connectivity index is 2.10. The monoisotopic (exact) mass is 262 g/mol. The van der Waals surface area contributed by atoms with E-state index in [0.29, 0.717) is 0 Å². The van der Waals surface area contributed by atoms with Crippen LogP contribution < -0.4 is 10.2 Å². The number of aromatic nitrogens is 2. The zero-order valence-electron chi connectivity index (χ0n) is 10.9. The van der Waals surface area contributed by atoms with Gasteiger partial charge in [0.2, 0.25) is 0 Å². The van der Waals surface area contributed by atoms with Crippen LogP contribution in [0.1, 0.15) is 17.6 Å². The standard InChI is InChI=1S/C13H18N4S/c1-3-10-8-11-12(17-6-4-14-5-7-17)15-9(2)16-13(11)18-10/h8,14H,3-7H2,1-2H3. The average Bonchev–Trinajstić information content (AvgIpc) is 2.81. The molecule has 0 unspecified atom stereocenters. The molecule has 0 aliphatic carbocycles. The Kier molecular flexibility index (Phi) is 3.18. The van der Waals surface area contributed by atoms with E-state index < -0.39 is 0 Å². The van der Waals surface area contributed by atoms with Crippen LogP contribution in [0.2, 0.25) is 0 Å². The molecule has 1 saturated heterocycles. The maximum atomic E-state index is 4.67. The zero-order chi connectivity index (χ0) is 12.5. The summed E-state index contributed by atoms with van der Waals surface area (Å²) >= 11 is 1.80. The van der Waals surface area contributed by atoms with Gasteiger partial charge in [0.25, 0.3) is 0 Å². The van der Waals surface area contributed by atoms with Gasteiger partial charge in [-0.2, -0.15) is 0 Å². The number of rotatable bonds is 2. The SMILES string of the molecule is CCc1cc2c(N3CCNCC3)nc(C)nc2s1. The topological polar surface area (TPSA) is 41.0 Å². The Morgan fingerprint density at radius 1 is 1.33 bits per heavy atom. The van der Waals surface area contributed by atoms with E-state index in [0.717, 1.165) is 49.1 Å². The van der Waals surface area contributed by atoms with Gasteiger partial charge in [0.05, 0.1) is 5.39 Å². The summed E-state index contributed by atoms with van der Waals surface area (Å²) < 4.78 is 0. The second kappa shape index (κ2) is 4.82. The van der Waals surface area contributed by atoms with Crippen LogP contribution in [0.5, 0.6) is 0 Å². The molecule has 0 spiro atoms. The minimum atomic E-state index is 0.875. The van der Waals surface area contributed by atoms with E-state index >= 15 is 0 Å². The summed E-state index contributed by atoms with van der Waals surface area (Å²) in [5.41, 5.74) is 0. The lowest BCUT2D eigenvalue weighted by atomic mass is 10.2. The zero-order valence-corrected chi connectivity index (χ0v) is 11.7. The molecule has 18 heavy (non-hydrogen) atoms. The van der Waals surface area contributed by atoms with Gasteiger partial charge in [0.1, 0.15) is 16.5 Å². The fourth-order valence-corrected chi connectivity index (χ4v) is 3.36. The molecule has 1 aliphatic heterocycles. The van der Waals surface area contributed by atoms with Crippen molar-refractivity contribution in [1.29, 1.82) is 0 Å². The highest BCUT2D eigenvalue weighted by atomic mass is 32.1. The molecule has 0 bridgehead atoms. The molecule has 1 N–H and O–H groups in total. The first-order chi connectivity index (χ1) is 8.78. The molecule has 0 atom stereocenters. The molecular formula is C13H18N4S. The normalized spacial score (nSPS) is 16.4. The van der Waals surface area contributed by atoms with Gasteiger partial charge < -0.3 is 10.2 Å². The third-order valence-corrected chi connectivity index (χ3v) is 4.47. The minimum absolute atomic E-state index is 0.875. The van der Waals surface area contributed by atoms with Crippen LogP contribution >= 0.6 is 11.3 Å². The maximum absolute atomic E-state index is 4.67. The maximum Gasteiger partial charge on any atom is 0.141 e. The average molecular weight is 262 g/mol. The summed E-state index contributed by atoms with van der Waals surface area (Å²) in [5.74, 6) is 2.00. The number of fused-ring (bicyclic) bond motifs is 1.